The monoisotopic (exact) mass is 220 g/mol. The zero-order valence-corrected chi connectivity index (χ0v) is 10.8. The van der Waals surface area contributed by atoms with Gasteiger partial charge in [0.2, 0.25) is 0 Å². The van der Waals surface area contributed by atoms with Crippen LogP contribution in [0, 0.1) is 5.41 Å². The summed E-state index contributed by atoms with van der Waals surface area (Å²) in [5, 5.41) is 0. The van der Waals surface area contributed by atoms with Crippen molar-refractivity contribution in [2.75, 3.05) is 0 Å². The summed E-state index contributed by atoms with van der Waals surface area (Å²) >= 11 is 0. The second-order valence-electron chi connectivity index (χ2n) is 6.57. The molecular weight excluding hydrogens is 199 g/mol. The Kier molecular flexibility index (Phi) is 1.99. The van der Waals surface area contributed by atoms with Crippen molar-refractivity contribution in [1.82, 2.24) is 0 Å². The molecule has 2 aliphatic carbocycles. The molecule has 0 unspecified atom stereocenters. The number of hydrogen-bond acceptors (Lipinski definition) is 2. The zero-order valence-electron chi connectivity index (χ0n) is 10.8. The Balaban J connectivity index is 1.84. The van der Waals surface area contributed by atoms with E-state index < -0.39 is 0 Å². The van der Waals surface area contributed by atoms with E-state index in [0.717, 1.165) is 0 Å². The first-order chi connectivity index (χ1) is 7.36. The Morgan fingerprint density at radius 1 is 1.00 bits per heavy atom. The third-order valence-corrected chi connectivity index (χ3v) is 4.96. The van der Waals surface area contributed by atoms with Crippen molar-refractivity contribution in [1.29, 1.82) is 0 Å². The van der Waals surface area contributed by atoms with E-state index >= 15 is 0 Å². The SMILES string of the molecule is CC1(C)OB(C2=CCCC23CC3)OC1(C)C. The fourth-order valence-electron chi connectivity index (χ4n) is 2.87. The van der Waals surface area contributed by atoms with Gasteiger partial charge in [0.15, 0.2) is 0 Å². The minimum atomic E-state index is -0.197. The van der Waals surface area contributed by atoms with E-state index in [4.69, 9.17) is 9.31 Å². The topological polar surface area (TPSA) is 18.5 Å². The first-order valence-corrected chi connectivity index (χ1v) is 6.43. The van der Waals surface area contributed by atoms with Gasteiger partial charge in [-0.15, -0.1) is 0 Å². The van der Waals surface area contributed by atoms with E-state index in [1.807, 2.05) is 0 Å². The molecule has 1 heterocycles. The molecule has 0 aromatic heterocycles. The van der Waals surface area contributed by atoms with Gasteiger partial charge < -0.3 is 9.31 Å². The van der Waals surface area contributed by atoms with Gasteiger partial charge >= 0.3 is 7.12 Å². The molecule has 2 fully saturated rings. The highest BCUT2D eigenvalue weighted by molar-refractivity contribution is 6.55. The van der Waals surface area contributed by atoms with Gasteiger partial charge in [-0.2, -0.15) is 0 Å². The van der Waals surface area contributed by atoms with Crippen LogP contribution in [-0.4, -0.2) is 18.3 Å². The quantitative estimate of drug-likeness (QED) is 0.632. The van der Waals surface area contributed by atoms with Crippen molar-refractivity contribution < 1.29 is 9.31 Å². The Bertz CT molecular complexity index is 337. The second-order valence-corrected chi connectivity index (χ2v) is 6.57. The first kappa shape index (κ1) is 10.9. The normalized spacial score (nSPS) is 33.2. The lowest BCUT2D eigenvalue weighted by Crippen LogP contribution is -2.41. The molecule has 88 valence electrons. The van der Waals surface area contributed by atoms with Gasteiger partial charge in [0.25, 0.3) is 0 Å². The third kappa shape index (κ3) is 1.34. The van der Waals surface area contributed by atoms with Crippen LogP contribution in [0.2, 0.25) is 0 Å². The lowest BCUT2D eigenvalue weighted by atomic mass is 9.70. The van der Waals surface area contributed by atoms with Crippen molar-refractivity contribution in [3.63, 3.8) is 0 Å². The molecule has 3 aliphatic rings. The van der Waals surface area contributed by atoms with E-state index in [2.05, 4.69) is 33.8 Å². The van der Waals surface area contributed by atoms with Crippen molar-refractivity contribution in [2.24, 2.45) is 5.41 Å². The van der Waals surface area contributed by atoms with Crippen LogP contribution in [0.5, 0.6) is 0 Å². The summed E-state index contributed by atoms with van der Waals surface area (Å²) in [4.78, 5) is 0. The number of rotatable bonds is 1. The van der Waals surface area contributed by atoms with Crippen LogP contribution in [0.25, 0.3) is 0 Å². The molecular formula is C13H21BO2. The van der Waals surface area contributed by atoms with Crippen LogP contribution in [0.15, 0.2) is 11.5 Å². The molecule has 0 bridgehead atoms. The van der Waals surface area contributed by atoms with Gasteiger partial charge in [-0.3, -0.25) is 0 Å². The molecule has 0 amide bonds. The van der Waals surface area contributed by atoms with Gasteiger partial charge in [-0.05, 0) is 64.3 Å². The highest BCUT2D eigenvalue weighted by Gasteiger charge is 2.59. The number of hydrogen-bond donors (Lipinski definition) is 0. The summed E-state index contributed by atoms with van der Waals surface area (Å²) in [6.45, 7) is 8.51. The maximum Gasteiger partial charge on any atom is 0.490 e. The van der Waals surface area contributed by atoms with Gasteiger partial charge in [0.1, 0.15) is 0 Å². The summed E-state index contributed by atoms with van der Waals surface area (Å²) in [5.74, 6) is 0. The Morgan fingerprint density at radius 3 is 2.06 bits per heavy atom. The maximum absolute atomic E-state index is 6.13. The second kappa shape index (κ2) is 2.94. The van der Waals surface area contributed by atoms with Gasteiger partial charge in [-0.25, -0.2) is 0 Å². The molecule has 0 radical (unpaired) electrons. The fraction of sp³-hybridized carbons (Fsp3) is 0.846. The summed E-state index contributed by atoms with van der Waals surface area (Å²) in [6, 6.07) is 0. The predicted octanol–water partition coefficient (Wildman–Crippen LogP) is 3.12. The van der Waals surface area contributed by atoms with Crippen molar-refractivity contribution >= 4 is 7.12 Å². The molecule has 0 N–H and O–H groups in total. The molecule has 0 atom stereocenters. The van der Waals surface area contributed by atoms with Crippen molar-refractivity contribution in [2.45, 2.75) is 64.6 Å². The third-order valence-electron chi connectivity index (χ3n) is 4.96. The summed E-state index contributed by atoms with van der Waals surface area (Å²) in [5.41, 5.74) is 1.52. The fourth-order valence-corrected chi connectivity index (χ4v) is 2.87. The molecule has 1 spiro atoms. The zero-order chi connectivity index (χ0) is 11.6. The van der Waals surface area contributed by atoms with Crippen LogP contribution in [0.3, 0.4) is 0 Å². The molecule has 3 rings (SSSR count). The Morgan fingerprint density at radius 2 is 1.56 bits per heavy atom. The van der Waals surface area contributed by atoms with E-state index in [9.17, 15) is 0 Å². The van der Waals surface area contributed by atoms with E-state index in [0.29, 0.717) is 5.41 Å². The van der Waals surface area contributed by atoms with Gasteiger partial charge in [0, 0.05) is 0 Å². The maximum atomic E-state index is 6.13. The van der Waals surface area contributed by atoms with Crippen LogP contribution in [0.4, 0.5) is 0 Å². The van der Waals surface area contributed by atoms with Crippen LogP contribution in [-0.2, 0) is 9.31 Å². The molecule has 3 heteroatoms. The Hall–Kier alpha value is -0.275. The minimum Gasteiger partial charge on any atom is -0.400 e. The largest absolute Gasteiger partial charge is 0.490 e. The molecule has 1 aliphatic heterocycles. The molecule has 16 heavy (non-hydrogen) atoms. The standard InChI is InChI=1S/C13H21BO2/c1-11(2)12(3,4)16-14(15-11)10-6-5-7-13(10)8-9-13/h6H,5,7-9H2,1-4H3. The molecule has 0 aromatic carbocycles. The average Bonchev–Trinajstić information content (AvgIpc) is 2.69. The summed E-state index contributed by atoms with van der Waals surface area (Å²) in [6.07, 6.45) is 7.55. The average molecular weight is 220 g/mol. The number of allylic oxidation sites excluding steroid dienone is 2. The lowest BCUT2D eigenvalue weighted by molar-refractivity contribution is 0.00578. The Labute approximate surface area is 98.5 Å². The molecule has 2 nitrogen and oxygen atoms in total. The lowest BCUT2D eigenvalue weighted by Gasteiger charge is -2.32. The molecule has 1 saturated carbocycles. The predicted molar refractivity (Wildman–Crippen MR) is 65.1 cm³/mol. The van der Waals surface area contributed by atoms with Gasteiger partial charge in [-0.1, -0.05) is 6.08 Å². The highest BCUT2D eigenvalue weighted by atomic mass is 16.7. The molecule has 1 saturated heterocycles. The molecule has 0 aromatic rings. The van der Waals surface area contributed by atoms with Crippen molar-refractivity contribution in [3.05, 3.63) is 11.5 Å². The highest BCUT2D eigenvalue weighted by Crippen LogP contribution is 2.60. The minimum absolute atomic E-state index is 0.0880. The smallest absolute Gasteiger partial charge is 0.400 e. The van der Waals surface area contributed by atoms with Crippen LogP contribution in [0.1, 0.15) is 53.4 Å². The summed E-state index contributed by atoms with van der Waals surface area (Å²) < 4.78 is 12.3. The van der Waals surface area contributed by atoms with E-state index in [1.54, 1.807) is 0 Å². The van der Waals surface area contributed by atoms with Crippen LogP contribution >= 0.6 is 0 Å². The summed E-state index contributed by atoms with van der Waals surface area (Å²) in [7, 11) is -0.0880. The van der Waals surface area contributed by atoms with Crippen LogP contribution < -0.4 is 0 Å². The van der Waals surface area contributed by atoms with E-state index in [1.165, 1.54) is 31.2 Å². The first-order valence-electron chi connectivity index (χ1n) is 6.43. The van der Waals surface area contributed by atoms with Gasteiger partial charge in [0.05, 0.1) is 11.2 Å². The van der Waals surface area contributed by atoms with E-state index in [-0.39, 0.29) is 18.3 Å². The van der Waals surface area contributed by atoms with Crippen molar-refractivity contribution in [3.8, 4) is 0 Å².